The van der Waals surface area contributed by atoms with Gasteiger partial charge in [-0.3, -0.25) is 4.68 Å². The molecule has 0 unspecified atom stereocenters. The van der Waals surface area contributed by atoms with E-state index in [9.17, 15) is 0 Å². The molecular weight excluding hydrogens is 188 g/mol. The van der Waals surface area contributed by atoms with Crippen molar-refractivity contribution in [2.75, 3.05) is 18.5 Å². The largest absolute Gasteiger partial charge is 0.359 e. The normalized spacial score (nSPS) is 15.7. The zero-order valence-electron chi connectivity index (χ0n) is 9.82. The van der Waals surface area contributed by atoms with E-state index in [0.29, 0.717) is 6.54 Å². The summed E-state index contributed by atoms with van der Waals surface area (Å²) < 4.78 is 1.94. The lowest BCUT2D eigenvalue weighted by Crippen LogP contribution is -2.24. The summed E-state index contributed by atoms with van der Waals surface area (Å²) in [5.41, 5.74) is 8.00. The van der Waals surface area contributed by atoms with Crippen molar-refractivity contribution < 1.29 is 0 Å². The summed E-state index contributed by atoms with van der Waals surface area (Å²) in [5, 5.41) is 4.43. The molecule has 4 heteroatoms. The molecule has 4 nitrogen and oxygen atoms in total. The molecule has 0 radical (unpaired) electrons. The van der Waals surface area contributed by atoms with Crippen molar-refractivity contribution in [1.29, 1.82) is 0 Å². The third-order valence-corrected chi connectivity index (χ3v) is 3.11. The summed E-state index contributed by atoms with van der Waals surface area (Å²) in [4.78, 5) is 2.29. The van der Waals surface area contributed by atoms with Gasteiger partial charge >= 0.3 is 0 Å². The highest BCUT2D eigenvalue weighted by molar-refractivity contribution is 5.49. The van der Waals surface area contributed by atoms with Gasteiger partial charge in [0.25, 0.3) is 0 Å². The highest BCUT2D eigenvalue weighted by atomic mass is 15.4. The van der Waals surface area contributed by atoms with Crippen LogP contribution in [0.1, 0.15) is 24.1 Å². The lowest BCUT2D eigenvalue weighted by Gasteiger charge is -2.20. The Hall–Kier alpha value is -1.03. The van der Waals surface area contributed by atoms with Crippen LogP contribution in [-0.2, 0) is 13.6 Å². The third-order valence-electron chi connectivity index (χ3n) is 3.11. The fourth-order valence-corrected chi connectivity index (χ4v) is 2.18. The van der Waals surface area contributed by atoms with Crippen LogP contribution in [0.15, 0.2) is 0 Å². The maximum absolute atomic E-state index is 5.77. The molecule has 1 heterocycles. The molecule has 1 fully saturated rings. The summed E-state index contributed by atoms with van der Waals surface area (Å²) in [6.07, 6.45) is 2.75. The minimum Gasteiger partial charge on any atom is -0.359 e. The Morgan fingerprint density at radius 1 is 1.53 bits per heavy atom. The van der Waals surface area contributed by atoms with Crippen LogP contribution >= 0.6 is 0 Å². The van der Waals surface area contributed by atoms with Crippen LogP contribution in [0, 0.1) is 12.8 Å². The second kappa shape index (κ2) is 3.85. The van der Waals surface area contributed by atoms with Crippen molar-refractivity contribution in [2.24, 2.45) is 18.7 Å². The Bertz CT molecular complexity index is 352. The lowest BCUT2D eigenvalue weighted by atomic mass is 10.2. The van der Waals surface area contributed by atoms with E-state index in [1.54, 1.807) is 0 Å². The monoisotopic (exact) mass is 208 g/mol. The van der Waals surface area contributed by atoms with Crippen LogP contribution in [0.25, 0.3) is 0 Å². The molecule has 1 aliphatic carbocycles. The van der Waals surface area contributed by atoms with Crippen LogP contribution in [-0.4, -0.2) is 23.4 Å². The average molecular weight is 208 g/mol. The molecule has 0 aromatic carbocycles. The highest BCUT2D eigenvalue weighted by Gasteiger charge is 2.25. The van der Waals surface area contributed by atoms with Crippen molar-refractivity contribution >= 4 is 5.82 Å². The van der Waals surface area contributed by atoms with Gasteiger partial charge in [-0.1, -0.05) is 0 Å². The molecule has 0 saturated heterocycles. The van der Waals surface area contributed by atoms with E-state index in [4.69, 9.17) is 5.73 Å². The van der Waals surface area contributed by atoms with Gasteiger partial charge in [0.2, 0.25) is 0 Å². The molecule has 0 aliphatic heterocycles. The summed E-state index contributed by atoms with van der Waals surface area (Å²) in [7, 11) is 4.12. The Balaban J connectivity index is 2.23. The fraction of sp³-hybridized carbons (Fsp3) is 0.727. The van der Waals surface area contributed by atoms with Gasteiger partial charge in [-0.15, -0.1) is 0 Å². The topological polar surface area (TPSA) is 47.1 Å². The zero-order chi connectivity index (χ0) is 11.0. The summed E-state index contributed by atoms with van der Waals surface area (Å²) in [6, 6.07) is 0. The van der Waals surface area contributed by atoms with E-state index in [2.05, 4.69) is 17.0 Å². The quantitative estimate of drug-likeness (QED) is 0.804. The summed E-state index contributed by atoms with van der Waals surface area (Å²) in [6.45, 7) is 3.73. The molecule has 2 rings (SSSR count). The number of aryl methyl sites for hydroxylation is 2. The smallest absolute Gasteiger partial charge is 0.131 e. The molecule has 2 N–H and O–H groups in total. The first-order valence-corrected chi connectivity index (χ1v) is 5.57. The van der Waals surface area contributed by atoms with Crippen LogP contribution < -0.4 is 10.6 Å². The van der Waals surface area contributed by atoms with Crippen LogP contribution in [0.2, 0.25) is 0 Å². The summed E-state index contributed by atoms with van der Waals surface area (Å²) in [5.74, 6) is 2.07. The van der Waals surface area contributed by atoms with E-state index >= 15 is 0 Å². The minimum atomic E-state index is 0.573. The third kappa shape index (κ3) is 2.00. The van der Waals surface area contributed by atoms with Crippen LogP contribution in [0.3, 0.4) is 0 Å². The first-order valence-electron chi connectivity index (χ1n) is 5.57. The predicted octanol–water partition coefficient (Wildman–Crippen LogP) is 1.03. The molecule has 0 atom stereocenters. The summed E-state index contributed by atoms with van der Waals surface area (Å²) >= 11 is 0. The number of nitrogens with zero attached hydrogens (tertiary/aromatic N) is 3. The maximum Gasteiger partial charge on any atom is 0.131 e. The minimum absolute atomic E-state index is 0.573. The van der Waals surface area contributed by atoms with Crippen LogP contribution in [0.5, 0.6) is 0 Å². The van der Waals surface area contributed by atoms with Gasteiger partial charge in [-0.05, 0) is 25.7 Å². The van der Waals surface area contributed by atoms with Crippen molar-refractivity contribution in [2.45, 2.75) is 26.3 Å². The number of anilines is 1. The molecule has 1 aromatic heterocycles. The van der Waals surface area contributed by atoms with Gasteiger partial charge in [0.05, 0.1) is 5.69 Å². The average Bonchev–Trinajstić information content (AvgIpc) is 2.91. The Morgan fingerprint density at radius 3 is 2.73 bits per heavy atom. The first-order chi connectivity index (χ1) is 7.13. The molecule has 84 valence electrons. The molecule has 1 saturated carbocycles. The van der Waals surface area contributed by atoms with E-state index in [1.165, 1.54) is 24.2 Å². The Kier molecular flexibility index (Phi) is 2.69. The SMILES string of the molecule is Cc1nn(C)c(N(C)CC2CC2)c1CN. The van der Waals surface area contributed by atoms with Gasteiger partial charge in [0.15, 0.2) is 0 Å². The number of aromatic nitrogens is 2. The Labute approximate surface area is 91.1 Å². The van der Waals surface area contributed by atoms with E-state index < -0.39 is 0 Å². The van der Waals surface area contributed by atoms with Crippen molar-refractivity contribution in [3.8, 4) is 0 Å². The van der Waals surface area contributed by atoms with Gasteiger partial charge in [-0.2, -0.15) is 5.10 Å². The maximum atomic E-state index is 5.77. The predicted molar refractivity (Wildman–Crippen MR) is 61.8 cm³/mol. The van der Waals surface area contributed by atoms with Crippen molar-refractivity contribution in [1.82, 2.24) is 9.78 Å². The van der Waals surface area contributed by atoms with E-state index in [-0.39, 0.29) is 0 Å². The standard InChI is InChI=1S/C11H20N4/c1-8-10(6-12)11(15(3)13-8)14(2)7-9-4-5-9/h9H,4-7,12H2,1-3H3. The zero-order valence-corrected chi connectivity index (χ0v) is 9.82. The van der Waals surface area contributed by atoms with Gasteiger partial charge in [-0.25, -0.2) is 0 Å². The van der Waals surface area contributed by atoms with Crippen LogP contribution in [0.4, 0.5) is 5.82 Å². The highest BCUT2D eigenvalue weighted by Crippen LogP contribution is 2.32. The van der Waals surface area contributed by atoms with Gasteiger partial charge < -0.3 is 10.6 Å². The molecule has 15 heavy (non-hydrogen) atoms. The number of hydrogen-bond acceptors (Lipinski definition) is 3. The molecule has 0 amide bonds. The Morgan fingerprint density at radius 2 is 2.20 bits per heavy atom. The molecule has 0 bridgehead atoms. The lowest BCUT2D eigenvalue weighted by molar-refractivity contribution is 0.702. The van der Waals surface area contributed by atoms with Crippen molar-refractivity contribution in [3.05, 3.63) is 11.3 Å². The van der Waals surface area contributed by atoms with Gasteiger partial charge in [0, 0.05) is 32.7 Å². The number of hydrogen-bond donors (Lipinski definition) is 1. The first kappa shape index (κ1) is 10.5. The van der Waals surface area contributed by atoms with Crippen molar-refractivity contribution in [3.63, 3.8) is 0 Å². The molecule has 1 aliphatic rings. The molecule has 1 aromatic rings. The van der Waals surface area contributed by atoms with E-state index in [1.807, 2.05) is 18.7 Å². The second-order valence-electron chi connectivity index (χ2n) is 4.54. The molecular formula is C11H20N4. The fourth-order valence-electron chi connectivity index (χ4n) is 2.18. The van der Waals surface area contributed by atoms with E-state index in [0.717, 1.165) is 18.2 Å². The molecule has 0 spiro atoms. The number of nitrogens with two attached hydrogens (primary N) is 1. The second-order valence-corrected chi connectivity index (χ2v) is 4.54. The van der Waals surface area contributed by atoms with Gasteiger partial charge in [0.1, 0.15) is 5.82 Å². The number of rotatable bonds is 4.